The molecule has 0 saturated heterocycles. The molecule has 0 saturated carbocycles. The van der Waals surface area contributed by atoms with Crippen LogP contribution in [0.25, 0.3) is 22.3 Å². The first-order valence-electron chi connectivity index (χ1n) is 29.5. The fourth-order valence-corrected chi connectivity index (χ4v) is 16.4. The van der Waals surface area contributed by atoms with Crippen LogP contribution in [-0.4, -0.2) is 13.4 Å². The number of rotatable bonds is 10. The van der Waals surface area contributed by atoms with Gasteiger partial charge in [-0.05, 0) is 136 Å². The quantitative estimate of drug-likeness (QED) is 0.126. The molecule has 4 nitrogen and oxygen atoms in total. The maximum Gasteiger partial charge on any atom is 0.252 e. The van der Waals surface area contributed by atoms with Gasteiger partial charge in [0.05, 0.1) is 17.1 Å². The van der Waals surface area contributed by atoms with Gasteiger partial charge in [-0.2, -0.15) is 0 Å². The van der Waals surface area contributed by atoms with Crippen molar-refractivity contribution in [1.82, 2.24) is 0 Å². The predicted molar refractivity (Wildman–Crippen MR) is 366 cm³/mol. The Morgan fingerprint density at radius 3 is 1.37 bits per heavy atom. The first-order chi connectivity index (χ1) is 42.7. The van der Waals surface area contributed by atoms with Gasteiger partial charge in [0.1, 0.15) is 0 Å². The predicted octanol–water partition coefficient (Wildman–Crippen LogP) is 17.5. The zero-order chi connectivity index (χ0) is 56.7. The molecule has 0 aromatic heterocycles. The summed E-state index contributed by atoms with van der Waals surface area (Å²) in [5.41, 5.74) is 26.1. The summed E-state index contributed by atoms with van der Waals surface area (Å²) in [6.07, 6.45) is 0. The van der Waals surface area contributed by atoms with Crippen LogP contribution >= 0.6 is 23.5 Å². The van der Waals surface area contributed by atoms with E-state index in [2.05, 4.69) is 335 Å². The SMILES string of the molecule is c1ccc(-c2ccccc2N(c2ccccc2)c2cc3c4c(c2)Sc2cc5c(cc2B4c2ccccc2S3)B2c3ccccc3N(c3ccccc3)c3cc(N(c4ccccc4)c4ccccc4)cc(c32)N5c2ccccc2-c2ccccc2)cc1. The summed E-state index contributed by atoms with van der Waals surface area (Å²) in [6, 6.07) is 117. The molecule has 8 heteroatoms. The molecule has 13 aromatic rings. The number of nitrogens with zero attached hydrogens (tertiary/aromatic N) is 4. The average molecular weight is 1130 g/mol. The largest absolute Gasteiger partial charge is 0.311 e. The number of hydrogen-bond donors (Lipinski definition) is 0. The zero-order valence-corrected chi connectivity index (χ0v) is 48.4. The van der Waals surface area contributed by atoms with Gasteiger partial charge in [0.15, 0.2) is 0 Å². The average Bonchev–Trinajstić information content (AvgIpc) is 0.728. The third-order valence-corrected chi connectivity index (χ3v) is 19.8. The molecular weight excluding hydrogens is 1080 g/mol. The Kier molecular flexibility index (Phi) is 12.2. The van der Waals surface area contributed by atoms with E-state index >= 15 is 0 Å². The van der Waals surface area contributed by atoms with E-state index in [9.17, 15) is 0 Å². The Morgan fingerprint density at radius 1 is 0.256 bits per heavy atom. The molecule has 0 fully saturated rings. The number of para-hydroxylation sites is 7. The van der Waals surface area contributed by atoms with Crippen molar-refractivity contribution in [2.45, 2.75) is 19.6 Å². The normalized spacial score (nSPS) is 12.9. The Hall–Kier alpha value is -10.1. The molecule has 0 unspecified atom stereocenters. The summed E-state index contributed by atoms with van der Waals surface area (Å²) in [5.74, 6) is 0. The van der Waals surface area contributed by atoms with E-state index in [0.717, 1.165) is 68.0 Å². The Balaban J connectivity index is 0.947. The molecule has 0 atom stereocenters. The standard InChI is InChI=1S/C78H52B2N4S2/c1-7-27-53(28-8-1)61-39-19-23-43-67(61)82(57-35-15-5-16-36-57)60-49-75-78-76(50-60)86-74-52-70-65(51-66(74)80(78)64-42-22-26-46-73(64)85-75)79-63-41-21-25-45-69(63)83(58-37-17-6-18-38-58)71-47-59(81(55-31-11-3-12-32-55)56-33-13-4-14-34-56)48-72(77(71)79)84(70)68-44-24-20-40-62(68)54-29-9-2-10-30-54/h1-52H. The fourth-order valence-electron chi connectivity index (χ4n) is 13.9. The molecule has 13 aromatic carbocycles. The molecule has 402 valence electrons. The minimum atomic E-state index is -0.113. The van der Waals surface area contributed by atoms with Gasteiger partial charge in [-0.1, -0.05) is 247 Å². The molecule has 0 spiro atoms. The molecule has 4 heterocycles. The maximum absolute atomic E-state index is 2.64. The summed E-state index contributed by atoms with van der Waals surface area (Å²) < 4.78 is 0. The monoisotopic (exact) mass is 1130 g/mol. The number of hydrogen-bond acceptors (Lipinski definition) is 6. The summed E-state index contributed by atoms with van der Waals surface area (Å²) in [7, 11) is 0. The molecule has 0 N–H and O–H groups in total. The number of benzene rings is 13. The topological polar surface area (TPSA) is 13.0 Å². The molecule has 0 bridgehead atoms. The highest BCUT2D eigenvalue weighted by molar-refractivity contribution is 8.01. The van der Waals surface area contributed by atoms with Gasteiger partial charge in [-0.15, -0.1) is 0 Å². The third kappa shape index (κ3) is 8.27. The van der Waals surface area contributed by atoms with Crippen LogP contribution in [0.1, 0.15) is 0 Å². The van der Waals surface area contributed by atoms with E-state index in [1.54, 1.807) is 0 Å². The first kappa shape index (κ1) is 50.4. The summed E-state index contributed by atoms with van der Waals surface area (Å²) in [6.45, 7) is -0.119. The molecule has 4 aliphatic heterocycles. The highest BCUT2D eigenvalue weighted by Gasteiger charge is 2.47. The van der Waals surface area contributed by atoms with E-state index in [4.69, 9.17) is 0 Å². The second kappa shape index (κ2) is 20.9. The van der Waals surface area contributed by atoms with Crippen LogP contribution in [0.2, 0.25) is 0 Å². The molecule has 0 radical (unpaired) electrons. The number of anilines is 12. The van der Waals surface area contributed by atoms with Crippen molar-refractivity contribution in [2.75, 3.05) is 19.6 Å². The van der Waals surface area contributed by atoms with Gasteiger partial charge >= 0.3 is 0 Å². The molecular formula is C78H52B2N4S2. The lowest BCUT2D eigenvalue weighted by molar-refractivity contribution is 1.22. The summed E-state index contributed by atoms with van der Waals surface area (Å²) >= 11 is 3.84. The van der Waals surface area contributed by atoms with Gasteiger partial charge in [0.25, 0.3) is 6.71 Å². The van der Waals surface area contributed by atoms with Crippen LogP contribution in [0, 0.1) is 0 Å². The third-order valence-electron chi connectivity index (χ3n) is 17.5. The maximum atomic E-state index is 2.64. The van der Waals surface area contributed by atoms with Crippen LogP contribution in [0.3, 0.4) is 0 Å². The van der Waals surface area contributed by atoms with Crippen molar-refractivity contribution in [2.24, 2.45) is 0 Å². The van der Waals surface area contributed by atoms with Crippen molar-refractivity contribution in [3.05, 3.63) is 315 Å². The van der Waals surface area contributed by atoms with E-state index in [1.807, 2.05) is 23.5 Å². The van der Waals surface area contributed by atoms with Crippen LogP contribution in [-0.2, 0) is 0 Å². The van der Waals surface area contributed by atoms with Gasteiger partial charge in [0, 0.05) is 81.9 Å². The Labute approximate surface area is 511 Å². The lowest BCUT2D eigenvalue weighted by Crippen LogP contribution is -2.64. The molecule has 17 rings (SSSR count). The lowest BCUT2D eigenvalue weighted by Gasteiger charge is -2.46. The van der Waals surface area contributed by atoms with E-state index < -0.39 is 0 Å². The molecule has 86 heavy (non-hydrogen) atoms. The van der Waals surface area contributed by atoms with Crippen molar-refractivity contribution in [3.8, 4) is 22.3 Å². The van der Waals surface area contributed by atoms with Gasteiger partial charge in [-0.3, -0.25) is 0 Å². The highest BCUT2D eigenvalue weighted by atomic mass is 32.2. The van der Waals surface area contributed by atoms with Crippen LogP contribution in [0.15, 0.2) is 335 Å². The minimum absolute atomic E-state index is 0.00640. The van der Waals surface area contributed by atoms with Crippen molar-refractivity contribution >= 4 is 138 Å². The minimum Gasteiger partial charge on any atom is -0.311 e. The molecule has 0 amide bonds. The summed E-state index contributed by atoms with van der Waals surface area (Å²) in [4.78, 5) is 15.2. The Bertz CT molecular complexity index is 4710. The highest BCUT2D eigenvalue weighted by Crippen LogP contribution is 2.52. The molecule has 0 aliphatic carbocycles. The van der Waals surface area contributed by atoms with Crippen LogP contribution in [0.4, 0.5) is 68.2 Å². The first-order valence-corrected chi connectivity index (χ1v) is 31.1. The van der Waals surface area contributed by atoms with E-state index in [-0.39, 0.29) is 13.4 Å². The van der Waals surface area contributed by atoms with E-state index in [1.165, 1.54) is 74.9 Å². The van der Waals surface area contributed by atoms with Gasteiger partial charge in [0.2, 0.25) is 6.71 Å². The number of fused-ring (bicyclic) bond motifs is 8. The zero-order valence-electron chi connectivity index (χ0n) is 46.8. The fraction of sp³-hybridized carbons (Fsp3) is 0. The van der Waals surface area contributed by atoms with Crippen LogP contribution in [0.5, 0.6) is 0 Å². The van der Waals surface area contributed by atoms with Crippen molar-refractivity contribution in [1.29, 1.82) is 0 Å². The lowest BCUT2D eigenvalue weighted by atomic mass is 9.31. The van der Waals surface area contributed by atoms with E-state index in [0.29, 0.717) is 0 Å². The second-order valence-corrected chi connectivity index (χ2v) is 24.5. The molecule has 4 aliphatic rings. The smallest absolute Gasteiger partial charge is 0.252 e. The van der Waals surface area contributed by atoms with Crippen molar-refractivity contribution in [3.63, 3.8) is 0 Å². The second-order valence-electron chi connectivity index (χ2n) is 22.3. The Morgan fingerprint density at radius 2 is 0.721 bits per heavy atom. The van der Waals surface area contributed by atoms with Crippen molar-refractivity contribution < 1.29 is 0 Å². The van der Waals surface area contributed by atoms with Gasteiger partial charge in [-0.25, -0.2) is 0 Å². The van der Waals surface area contributed by atoms with Crippen LogP contribution < -0.4 is 52.4 Å². The summed E-state index contributed by atoms with van der Waals surface area (Å²) in [5, 5.41) is 0. The van der Waals surface area contributed by atoms with Gasteiger partial charge < -0.3 is 19.6 Å².